The van der Waals surface area contributed by atoms with Crippen molar-refractivity contribution in [2.24, 2.45) is 0 Å². The Morgan fingerprint density at radius 1 is 1.15 bits per heavy atom. The molecule has 2 aromatic rings. The summed E-state index contributed by atoms with van der Waals surface area (Å²) in [6, 6.07) is 7.96. The lowest BCUT2D eigenvalue weighted by molar-refractivity contribution is 0.0690. The highest BCUT2D eigenvalue weighted by atomic mass is 16.4. The summed E-state index contributed by atoms with van der Waals surface area (Å²) in [6.45, 7) is 6.45. The topological polar surface area (TPSA) is 75.1 Å². The number of carboxylic acid groups (broad SMARTS) is 1. The lowest BCUT2D eigenvalue weighted by Gasteiger charge is -2.19. The lowest BCUT2D eigenvalue weighted by Crippen LogP contribution is -2.10. The van der Waals surface area contributed by atoms with Gasteiger partial charge in [0.2, 0.25) is 0 Å². The third-order valence-corrected chi connectivity index (χ3v) is 2.88. The van der Waals surface area contributed by atoms with E-state index >= 15 is 0 Å². The first-order valence-corrected chi connectivity index (χ1v) is 6.29. The number of aromatic carboxylic acids is 1. The molecule has 0 saturated heterocycles. The zero-order valence-corrected chi connectivity index (χ0v) is 11.7. The van der Waals surface area contributed by atoms with E-state index in [1.807, 2.05) is 24.3 Å². The summed E-state index contributed by atoms with van der Waals surface area (Å²) in [5.74, 6) is -0.683. The molecule has 0 spiro atoms. The van der Waals surface area contributed by atoms with Crippen molar-refractivity contribution in [3.8, 4) is 0 Å². The van der Waals surface area contributed by atoms with E-state index < -0.39 is 5.97 Å². The maximum absolute atomic E-state index is 10.8. The maximum Gasteiger partial charge on any atom is 0.356 e. The Labute approximate surface area is 117 Å². The van der Waals surface area contributed by atoms with Gasteiger partial charge in [-0.3, -0.25) is 4.98 Å². The van der Waals surface area contributed by atoms with Crippen molar-refractivity contribution < 1.29 is 9.90 Å². The molecule has 1 aromatic carbocycles. The summed E-state index contributed by atoms with van der Waals surface area (Å²) in [5, 5.41) is 11.9. The molecule has 0 aliphatic heterocycles. The van der Waals surface area contributed by atoms with Crippen molar-refractivity contribution in [2.45, 2.75) is 26.2 Å². The molecule has 2 rings (SSSR count). The minimum absolute atomic E-state index is 0.0821. The average Bonchev–Trinajstić information content (AvgIpc) is 2.38. The van der Waals surface area contributed by atoms with Gasteiger partial charge in [0.25, 0.3) is 0 Å². The van der Waals surface area contributed by atoms with Crippen LogP contribution in [0.2, 0.25) is 0 Å². The highest BCUT2D eigenvalue weighted by Gasteiger charge is 2.13. The molecule has 0 unspecified atom stereocenters. The van der Waals surface area contributed by atoms with Gasteiger partial charge in [-0.05, 0) is 23.1 Å². The average molecular weight is 271 g/mol. The molecular weight excluding hydrogens is 254 g/mol. The van der Waals surface area contributed by atoms with Crippen LogP contribution in [0, 0.1) is 0 Å². The van der Waals surface area contributed by atoms with Crippen LogP contribution in [0.25, 0.3) is 0 Å². The third-order valence-electron chi connectivity index (χ3n) is 2.88. The fraction of sp³-hybridized carbons (Fsp3) is 0.267. The SMILES string of the molecule is CC(C)(C)c1ccc(Nc2cncc(C(=O)O)n2)cc1. The summed E-state index contributed by atoms with van der Waals surface area (Å²) in [7, 11) is 0. The van der Waals surface area contributed by atoms with E-state index in [0.717, 1.165) is 5.69 Å². The Hall–Kier alpha value is -2.43. The van der Waals surface area contributed by atoms with Crippen LogP contribution in [0.15, 0.2) is 36.7 Å². The standard InChI is InChI=1S/C15H17N3O2/c1-15(2,3)10-4-6-11(7-5-10)17-13-9-16-8-12(18-13)14(19)20/h4-9H,1-3H3,(H,17,18)(H,19,20). The van der Waals surface area contributed by atoms with E-state index in [-0.39, 0.29) is 11.1 Å². The summed E-state index contributed by atoms with van der Waals surface area (Å²) in [5.41, 5.74) is 2.09. The molecule has 5 nitrogen and oxygen atoms in total. The van der Waals surface area contributed by atoms with Crippen LogP contribution in [0.1, 0.15) is 36.8 Å². The van der Waals surface area contributed by atoms with Crippen molar-refractivity contribution in [3.05, 3.63) is 47.9 Å². The predicted octanol–water partition coefficient (Wildman–Crippen LogP) is 3.22. The Morgan fingerprint density at radius 3 is 2.35 bits per heavy atom. The number of carbonyl (C=O) groups is 1. The first kappa shape index (κ1) is 14.0. The Morgan fingerprint density at radius 2 is 1.80 bits per heavy atom. The van der Waals surface area contributed by atoms with Gasteiger partial charge in [0.1, 0.15) is 5.82 Å². The summed E-state index contributed by atoms with van der Waals surface area (Å²) in [6.07, 6.45) is 2.71. The zero-order valence-electron chi connectivity index (χ0n) is 11.7. The van der Waals surface area contributed by atoms with Gasteiger partial charge in [-0.2, -0.15) is 0 Å². The second kappa shape index (κ2) is 5.28. The largest absolute Gasteiger partial charge is 0.476 e. The summed E-state index contributed by atoms with van der Waals surface area (Å²) in [4.78, 5) is 18.6. The predicted molar refractivity (Wildman–Crippen MR) is 77.4 cm³/mol. The van der Waals surface area contributed by atoms with E-state index in [1.165, 1.54) is 18.0 Å². The molecule has 0 bridgehead atoms. The molecule has 0 aliphatic rings. The first-order chi connectivity index (χ1) is 9.36. The van der Waals surface area contributed by atoms with Gasteiger partial charge in [0, 0.05) is 5.69 Å². The molecule has 0 saturated carbocycles. The van der Waals surface area contributed by atoms with Gasteiger partial charge < -0.3 is 10.4 Å². The highest BCUT2D eigenvalue weighted by Crippen LogP contribution is 2.24. The van der Waals surface area contributed by atoms with Crippen LogP contribution < -0.4 is 5.32 Å². The molecule has 104 valence electrons. The van der Waals surface area contributed by atoms with Gasteiger partial charge in [0.05, 0.1) is 12.4 Å². The Balaban J connectivity index is 2.18. The minimum atomic E-state index is -1.09. The van der Waals surface area contributed by atoms with Gasteiger partial charge in [-0.15, -0.1) is 0 Å². The molecule has 20 heavy (non-hydrogen) atoms. The quantitative estimate of drug-likeness (QED) is 0.896. The molecule has 0 atom stereocenters. The summed E-state index contributed by atoms with van der Waals surface area (Å²) >= 11 is 0. The number of anilines is 2. The molecule has 0 aliphatic carbocycles. The van der Waals surface area contributed by atoms with Crippen molar-refractivity contribution in [2.75, 3.05) is 5.32 Å². The number of nitrogens with zero attached hydrogens (tertiary/aromatic N) is 2. The number of hydrogen-bond acceptors (Lipinski definition) is 4. The fourth-order valence-electron chi connectivity index (χ4n) is 1.73. The Kier molecular flexibility index (Phi) is 3.70. The second-order valence-corrected chi connectivity index (χ2v) is 5.55. The van der Waals surface area contributed by atoms with E-state index in [9.17, 15) is 4.79 Å². The van der Waals surface area contributed by atoms with E-state index in [0.29, 0.717) is 5.82 Å². The number of aromatic nitrogens is 2. The van der Waals surface area contributed by atoms with Gasteiger partial charge in [0.15, 0.2) is 5.69 Å². The second-order valence-electron chi connectivity index (χ2n) is 5.55. The van der Waals surface area contributed by atoms with Crippen LogP contribution in [-0.4, -0.2) is 21.0 Å². The van der Waals surface area contributed by atoms with Crippen molar-refractivity contribution >= 4 is 17.5 Å². The van der Waals surface area contributed by atoms with Crippen molar-refractivity contribution in [1.29, 1.82) is 0 Å². The first-order valence-electron chi connectivity index (χ1n) is 6.29. The van der Waals surface area contributed by atoms with Crippen LogP contribution in [-0.2, 0) is 5.41 Å². The molecule has 5 heteroatoms. The van der Waals surface area contributed by atoms with Gasteiger partial charge in [-0.1, -0.05) is 32.9 Å². The van der Waals surface area contributed by atoms with Crippen LogP contribution in [0.4, 0.5) is 11.5 Å². The molecule has 1 aromatic heterocycles. The fourth-order valence-corrected chi connectivity index (χ4v) is 1.73. The number of hydrogen-bond donors (Lipinski definition) is 2. The molecular formula is C15H17N3O2. The summed E-state index contributed by atoms with van der Waals surface area (Å²) < 4.78 is 0. The van der Waals surface area contributed by atoms with Crippen molar-refractivity contribution in [3.63, 3.8) is 0 Å². The highest BCUT2D eigenvalue weighted by molar-refractivity contribution is 5.85. The Bertz CT molecular complexity index is 616. The minimum Gasteiger partial charge on any atom is -0.476 e. The smallest absolute Gasteiger partial charge is 0.356 e. The zero-order chi connectivity index (χ0) is 14.8. The molecule has 0 amide bonds. The molecule has 1 heterocycles. The van der Waals surface area contributed by atoms with Crippen LogP contribution >= 0.6 is 0 Å². The van der Waals surface area contributed by atoms with E-state index in [2.05, 4.69) is 36.1 Å². The van der Waals surface area contributed by atoms with Gasteiger partial charge >= 0.3 is 5.97 Å². The molecule has 2 N–H and O–H groups in total. The van der Waals surface area contributed by atoms with Gasteiger partial charge in [-0.25, -0.2) is 9.78 Å². The monoisotopic (exact) mass is 271 g/mol. The van der Waals surface area contributed by atoms with Crippen LogP contribution in [0.5, 0.6) is 0 Å². The van der Waals surface area contributed by atoms with E-state index in [4.69, 9.17) is 5.11 Å². The normalized spacial score (nSPS) is 11.2. The number of benzene rings is 1. The molecule has 0 fully saturated rings. The van der Waals surface area contributed by atoms with Crippen LogP contribution in [0.3, 0.4) is 0 Å². The number of rotatable bonds is 3. The third kappa shape index (κ3) is 3.32. The van der Waals surface area contributed by atoms with E-state index in [1.54, 1.807) is 0 Å². The maximum atomic E-state index is 10.8. The lowest BCUT2D eigenvalue weighted by atomic mass is 9.87. The molecule has 0 radical (unpaired) electrons. The number of carboxylic acids is 1. The number of nitrogens with one attached hydrogen (secondary N) is 1. The van der Waals surface area contributed by atoms with Crippen molar-refractivity contribution in [1.82, 2.24) is 9.97 Å².